The molecule has 0 aliphatic carbocycles. The number of rotatable bonds is 5. The molecule has 1 fully saturated rings. The van der Waals surface area contributed by atoms with E-state index >= 15 is 0 Å². The molecule has 2 aliphatic heterocycles. The normalized spacial score (nSPS) is 21.8. The molecule has 144 valence electrons. The number of benzene rings is 1. The zero-order chi connectivity index (χ0) is 18.7. The Bertz CT molecular complexity index is 643. The largest absolute Gasteiger partial charge is 0.496 e. The Morgan fingerprint density at radius 2 is 1.92 bits per heavy atom. The van der Waals surface area contributed by atoms with Crippen LogP contribution in [0.15, 0.2) is 12.1 Å². The summed E-state index contributed by atoms with van der Waals surface area (Å²) >= 11 is 0. The maximum Gasteiger partial charge on any atom is 0.223 e. The third kappa shape index (κ3) is 3.81. The van der Waals surface area contributed by atoms with Crippen molar-refractivity contribution in [2.24, 2.45) is 11.8 Å². The molecule has 2 unspecified atom stereocenters. The zero-order valence-corrected chi connectivity index (χ0v) is 16.0. The number of methoxy groups -OCH3 is 2. The van der Waals surface area contributed by atoms with Gasteiger partial charge in [0, 0.05) is 24.1 Å². The predicted octanol–water partition coefficient (Wildman–Crippen LogP) is 2.11. The van der Waals surface area contributed by atoms with Crippen LogP contribution in [0.2, 0.25) is 0 Å². The first kappa shape index (κ1) is 19.0. The van der Waals surface area contributed by atoms with E-state index in [1.165, 1.54) is 0 Å². The molecule has 1 aromatic carbocycles. The molecular formula is C20H30N2O4. The molecule has 0 spiro atoms. The van der Waals surface area contributed by atoms with E-state index in [2.05, 4.69) is 12.2 Å². The van der Waals surface area contributed by atoms with Crippen molar-refractivity contribution in [2.45, 2.75) is 38.8 Å². The molecule has 3 rings (SSSR count). The molecule has 0 saturated carbocycles. The number of aliphatic hydroxyl groups excluding tert-OH is 1. The first-order valence-electron chi connectivity index (χ1n) is 9.45. The Balaban J connectivity index is 1.74. The number of hydrogen-bond acceptors (Lipinski definition) is 5. The lowest BCUT2D eigenvalue weighted by molar-refractivity contribution is -0.135. The van der Waals surface area contributed by atoms with Gasteiger partial charge >= 0.3 is 0 Å². The van der Waals surface area contributed by atoms with Crippen molar-refractivity contribution in [3.05, 3.63) is 23.3 Å². The number of piperidine rings is 1. The quantitative estimate of drug-likeness (QED) is 0.839. The minimum absolute atomic E-state index is 0.102. The lowest BCUT2D eigenvalue weighted by Gasteiger charge is -2.35. The molecule has 26 heavy (non-hydrogen) atoms. The van der Waals surface area contributed by atoms with Crippen LogP contribution in [0.4, 0.5) is 0 Å². The molecule has 1 saturated heterocycles. The van der Waals surface area contributed by atoms with E-state index in [1.807, 2.05) is 6.07 Å². The molecular weight excluding hydrogens is 332 g/mol. The van der Waals surface area contributed by atoms with Gasteiger partial charge in [0.05, 0.1) is 20.8 Å². The number of β-amino-alcohol motifs (C(OH)–C–C–N with tert-alkyl or cyclic N) is 1. The second-order valence-corrected chi connectivity index (χ2v) is 7.42. The van der Waals surface area contributed by atoms with E-state index in [-0.39, 0.29) is 5.91 Å². The summed E-state index contributed by atoms with van der Waals surface area (Å²) in [6.07, 6.45) is 2.02. The van der Waals surface area contributed by atoms with E-state index in [1.54, 1.807) is 25.2 Å². The fourth-order valence-corrected chi connectivity index (χ4v) is 4.25. The highest BCUT2D eigenvalue weighted by molar-refractivity contribution is 5.77. The fraction of sp³-hybridized carbons (Fsp3) is 0.650. The second kappa shape index (κ2) is 8.27. The van der Waals surface area contributed by atoms with Crippen LogP contribution in [-0.2, 0) is 11.3 Å². The van der Waals surface area contributed by atoms with Crippen molar-refractivity contribution >= 4 is 5.91 Å². The number of amides is 1. The number of aliphatic hydroxyl groups is 1. The van der Waals surface area contributed by atoms with Gasteiger partial charge in [-0.25, -0.2) is 0 Å². The topological polar surface area (TPSA) is 71.0 Å². The van der Waals surface area contributed by atoms with Gasteiger partial charge < -0.3 is 24.8 Å². The maximum atomic E-state index is 12.9. The van der Waals surface area contributed by atoms with Crippen LogP contribution >= 0.6 is 0 Å². The van der Waals surface area contributed by atoms with Gasteiger partial charge in [-0.15, -0.1) is 0 Å². The Morgan fingerprint density at radius 1 is 1.27 bits per heavy atom. The minimum atomic E-state index is -0.762. The number of carbonyl (C=O) groups excluding carboxylic acids is 1. The summed E-state index contributed by atoms with van der Waals surface area (Å²) in [4.78, 5) is 14.6. The van der Waals surface area contributed by atoms with E-state index in [0.717, 1.165) is 37.1 Å². The minimum Gasteiger partial charge on any atom is -0.496 e. The Hall–Kier alpha value is -1.79. The van der Waals surface area contributed by atoms with Gasteiger partial charge in [-0.1, -0.05) is 6.92 Å². The summed E-state index contributed by atoms with van der Waals surface area (Å²) in [5.74, 6) is 2.38. The van der Waals surface area contributed by atoms with Crippen LogP contribution in [0.1, 0.15) is 43.4 Å². The van der Waals surface area contributed by atoms with Gasteiger partial charge in [0.15, 0.2) is 0 Å². The Labute approximate surface area is 155 Å². The molecule has 2 N–H and O–H groups in total. The molecule has 2 atom stereocenters. The smallest absolute Gasteiger partial charge is 0.223 e. The maximum absolute atomic E-state index is 12.9. The summed E-state index contributed by atoms with van der Waals surface area (Å²) in [7, 11) is 3.20. The SMILES string of the molecule is COc1ccc(OC)c2c1CN(C(=O)CC(C)C1CCNCC1)CC2O. The molecule has 0 bridgehead atoms. The first-order valence-corrected chi connectivity index (χ1v) is 9.45. The third-order valence-corrected chi connectivity index (χ3v) is 5.83. The summed E-state index contributed by atoms with van der Waals surface area (Å²) < 4.78 is 10.9. The van der Waals surface area contributed by atoms with Gasteiger partial charge in [0.1, 0.15) is 17.6 Å². The lowest BCUT2D eigenvalue weighted by atomic mass is 9.83. The lowest BCUT2D eigenvalue weighted by Crippen LogP contribution is -2.40. The Kier molecular flexibility index (Phi) is 6.04. The summed E-state index contributed by atoms with van der Waals surface area (Å²) in [6.45, 7) is 5.00. The van der Waals surface area contributed by atoms with E-state index in [9.17, 15) is 9.90 Å². The van der Waals surface area contributed by atoms with Gasteiger partial charge in [-0.05, 0) is 49.9 Å². The monoisotopic (exact) mass is 362 g/mol. The van der Waals surface area contributed by atoms with E-state index in [0.29, 0.717) is 42.8 Å². The zero-order valence-electron chi connectivity index (χ0n) is 16.0. The number of hydrogen-bond donors (Lipinski definition) is 2. The summed E-state index contributed by atoms with van der Waals surface area (Å²) in [5.41, 5.74) is 1.58. The summed E-state index contributed by atoms with van der Waals surface area (Å²) in [5, 5.41) is 14.0. The van der Waals surface area contributed by atoms with Crippen LogP contribution < -0.4 is 14.8 Å². The molecule has 6 nitrogen and oxygen atoms in total. The summed E-state index contributed by atoms with van der Waals surface area (Å²) in [6, 6.07) is 3.63. The van der Waals surface area contributed by atoms with Crippen molar-refractivity contribution in [3.8, 4) is 11.5 Å². The molecule has 2 heterocycles. The van der Waals surface area contributed by atoms with E-state index < -0.39 is 6.10 Å². The third-order valence-electron chi connectivity index (χ3n) is 5.83. The van der Waals surface area contributed by atoms with Gasteiger partial charge in [0.25, 0.3) is 0 Å². The fourth-order valence-electron chi connectivity index (χ4n) is 4.25. The predicted molar refractivity (Wildman–Crippen MR) is 99.3 cm³/mol. The molecule has 1 amide bonds. The highest BCUT2D eigenvalue weighted by atomic mass is 16.5. The van der Waals surface area contributed by atoms with Gasteiger partial charge in [-0.2, -0.15) is 0 Å². The molecule has 0 radical (unpaired) electrons. The highest BCUT2D eigenvalue weighted by Gasteiger charge is 2.33. The number of ether oxygens (including phenoxy) is 2. The van der Waals surface area contributed by atoms with Crippen molar-refractivity contribution in [1.29, 1.82) is 0 Å². The van der Waals surface area contributed by atoms with Crippen LogP contribution in [0.3, 0.4) is 0 Å². The highest BCUT2D eigenvalue weighted by Crippen LogP contribution is 2.39. The Morgan fingerprint density at radius 3 is 2.58 bits per heavy atom. The first-order chi connectivity index (χ1) is 12.5. The van der Waals surface area contributed by atoms with E-state index in [4.69, 9.17) is 9.47 Å². The van der Waals surface area contributed by atoms with Crippen LogP contribution in [0.5, 0.6) is 11.5 Å². The van der Waals surface area contributed by atoms with Crippen LogP contribution in [0, 0.1) is 11.8 Å². The number of carbonyl (C=O) groups is 1. The van der Waals surface area contributed by atoms with Crippen LogP contribution in [-0.4, -0.2) is 49.8 Å². The number of nitrogens with zero attached hydrogens (tertiary/aromatic N) is 1. The van der Waals surface area contributed by atoms with Gasteiger partial charge in [0.2, 0.25) is 5.91 Å². The molecule has 2 aliphatic rings. The van der Waals surface area contributed by atoms with Crippen molar-refractivity contribution in [3.63, 3.8) is 0 Å². The molecule has 0 aromatic heterocycles. The van der Waals surface area contributed by atoms with Crippen LogP contribution in [0.25, 0.3) is 0 Å². The number of fused-ring (bicyclic) bond motifs is 1. The molecule has 1 aromatic rings. The molecule has 6 heteroatoms. The average molecular weight is 362 g/mol. The average Bonchev–Trinajstić information content (AvgIpc) is 2.67. The second-order valence-electron chi connectivity index (χ2n) is 7.42. The standard InChI is InChI=1S/C20H30N2O4/c1-13(14-6-8-21-9-7-14)10-19(24)22-11-15-17(25-2)4-5-18(26-3)20(15)16(23)12-22/h4-5,13-14,16,21,23H,6-12H2,1-3H3. The van der Waals surface area contributed by atoms with Crippen molar-refractivity contribution in [1.82, 2.24) is 10.2 Å². The van der Waals surface area contributed by atoms with Crippen molar-refractivity contribution in [2.75, 3.05) is 33.9 Å². The van der Waals surface area contributed by atoms with Gasteiger partial charge in [-0.3, -0.25) is 4.79 Å². The van der Waals surface area contributed by atoms with Crippen molar-refractivity contribution < 1.29 is 19.4 Å². The number of nitrogens with one attached hydrogen (secondary N) is 1.